The second kappa shape index (κ2) is 8.41. The summed E-state index contributed by atoms with van der Waals surface area (Å²) in [5.41, 5.74) is 1.18. The van der Waals surface area contributed by atoms with E-state index in [0.29, 0.717) is 17.1 Å². The van der Waals surface area contributed by atoms with Crippen molar-refractivity contribution >= 4 is 21.6 Å². The van der Waals surface area contributed by atoms with Gasteiger partial charge in [0.05, 0.1) is 18.0 Å². The monoisotopic (exact) mass is 369 g/mol. The van der Waals surface area contributed by atoms with E-state index in [-0.39, 0.29) is 24.4 Å². The average molecular weight is 370 g/mol. The molecule has 0 aliphatic heterocycles. The molecular formula is C16H20ClN3O3S. The van der Waals surface area contributed by atoms with E-state index in [1.165, 1.54) is 10.7 Å². The zero-order valence-corrected chi connectivity index (χ0v) is 15.0. The summed E-state index contributed by atoms with van der Waals surface area (Å²) in [6, 6.07) is 10.2. The Bertz CT molecular complexity index is 832. The van der Waals surface area contributed by atoms with E-state index in [1.54, 1.807) is 18.2 Å². The molecule has 1 N–H and O–H groups in total. The van der Waals surface area contributed by atoms with Crippen LogP contribution < -0.4 is 10.3 Å². The molecule has 2 rings (SSSR count). The molecule has 130 valence electrons. The van der Waals surface area contributed by atoms with Gasteiger partial charge in [-0.2, -0.15) is 5.10 Å². The zero-order chi connectivity index (χ0) is 17.6. The molecule has 0 spiro atoms. The van der Waals surface area contributed by atoms with Gasteiger partial charge in [-0.3, -0.25) is 4.79 Å². The van der Waals surface area contributed by atoms with Gasteiger partial charge in [-0.1, -0.05) is 37.1 Å². The molecule has 0 amide bonds. The molecule has 6 nitrogen and oxygen atoms in total. The molecule has 2 aromatic rings. The molecule has 0 saturated heterocycles. The van der Waals surface area contributed by atoms with Gasteiger partial charge in [-0.05, 0) is 24.6 Å². The van der Waals surface area contributed by atoms with E-state index in [4.69, 9.17) is 11.6 Å². The van der Waals surface area contributed by atoms with E-state index in [0.717, 1.165) is 12.0 Å². The summed E-state index contributed by atoms with van der Waals surface area (Å²) in [7, 11) is -3.30. The highest BCUT2D eigenvalue weighted by Gasteiger charge is 2.09. The predicted molar refractivity (Wildman–Crippen MR) is 95.6 cm³/mol. The van der Waals surface area contributed by atoms with Gasteiger partial charge in [0.1, 0.15) is 0 Å². The van der Waals surface area contributed by atoms with E-state index in [1.807, 2.05) is 19.1 Å². The van der Waals surface area contributed by atoms with Crippen LogP contribution in [0.2, 0.25) is 5.02 Å². The maximum absolute atomic E-state index is 11.9. The van der Waals surface area contributed by atoms with Crippen molar-refractivity contribution in [3.63, 3.8) is 0 Å². The highest BCUT2D eigenvalue weighted by Crippen LogP contribution is 2.18. The Morgan fingerprint density at radius 1 is 1.17 bits per heavy atom. The summed E-state index contributed by atoms with van der Waals surface area (Å²) in [5, 5.41) is 4.90. The Morgan fingerprint density at radius 2 is 1.88 bits per heavy atom. The summed E-state index contributed by atoms with van der Waals surface area (Å²) in [4.78, 5) is 11.9. The standard InChI is InChI=1S/C16H20ClN3O3S/c1-2-3-12-24(22,23)18-10-11-20-16(21)9-8-15(19-20)13-4-6-14(17)7-5-13/h4-9,18H,2-3,10-12H2,1H3. The molecule has 1 aromatic carbocycles. The number of hydrogen-bond donors (Lipinski definition) is 1. The number of unbranched alkanes of at least 4 members (excludes halogenated alkanes) is 1. The Balaban J connectivity index is 2.07. The van der Waals surface area contributed by atoms with Gasteiger partial charge in [0.15, 0.2) is 0 Å². The fraction of sp³-hybridized carbons (Fsp3) is 0.375. The molecule has 1 aromatic heterocycles. The minimum atomic E-state index is -3.30. The van der Waals surface area contributed by atoms with Crippen molar-refractivity contribution in [2.75, 3.05) is 12.3 Å². The van der Waals surface area contributed by atoms with Crippen molar-refractivity contribution in [3.8, 4) is 11.3 Å². The van der Waals surface area contributed by atoms with E-state index >= 15 is 0 Å². The topological polar surface area (TPSA) is 81.1 Å². The predicted octanol–water partition coefficient (Wildman–Crippen LogP) is 2.28. The average Bonchev–Trinajstić information content (AvgIpc) is 2.55. The largest absolute Gasteiger partial charge is 0.268 e. The van der Waals surface area contributed by atoms with Crippen LogP contribution in [0.25, 0.3) is 11.3 Å². The molecule has 0 saturated carbocycles. The highest BCUT2D eigenvalue weighted by molar-refractivity contribution is 7.89. The lowest BCUT2D eigenvalue weighted by Crippen LogP contribution is -2.33. The summed E-state index contributed by atoms with van der Waals surface area (Å²) < 4.78 is 27.3. The number of hydrogen-bond acceptors (Lipinski definition) is 4. The molecule has 24 heavy (non-hydrogen) atoms. The Hall–Kier alpha value is -1.70. The van der Waals surface area contributed by atoms with Crippen molar-refractivity contribution in [1.82, 2.24) is 14.5 Å². The van der Waals surface area contributed by atoms with Gasteiger partial charge >= 0.3 is 0 Å². The number of halogens is 1. The molecule has 1 heterocycles. The van der Waals surface area contributed by atoms with Crippen molar-refractivity contribution in [2.45, 2.75) is 26.3 Å². The van der Waals surface area contributed by atoms with E-state index in [2.05, 4.69) is 9.82 Å². The molecule has 8 heteroatoms. The van der Waals surface area contributed by atoms with Gasteiger partial charge < -0.3 is 0 Å². The van der Waals surface area contributed by atoms with Crippen molar-refractivity contribution < 1.29 is 8.42 Å². The third-order valence-corrected chi connectivity index (χ3v) is 5.14. The zero-order valence-electron chi connectivity index (χ0n) is 13.4. The number of rotatable bonds is 8. The van der Waals surface area contributed by atoms with Gasteiger partial charge in [0.2, 0.25) is 10.0 Å². The molecule has 0 unspecified atom stereocenters. The number of sulfonamides is 1. The van der Waals surface area contributed by atoms with Crippen LogP contribution in [0.3, 0.4) is 0 Å². The molecule has 0 aliphatic rings. The van der Waals surface area contributed by atoms with E-state index < -0.39 is 10.0 Å². The van der Waals surface area contributed by atoms with Crippen LogP contribution in [0.5, 0.6) is 0 Å². The normalized spacial score (nSPS) is 11.6. The quantitative estimate of drug-likeness (QED) is 0.774. The fourth-order valence-electron chi connectivity index (χ4n) is 2.10. The van der Waals surface area contributed by atoms with Crippen molar-refractivity contribution in [2.24, 2.45) is 0 Å². The SMILES string of the molecule is CCCCS(=O)(=O)NCCn1nc(-c2ccc(Cl)cc2)ccc1=O. The Morgan fingerprint density at radius 3 is 2.54 bits per heavy atom. The third kappa shape index (κ3) is 5.43. The lowest BCUT2D eigenvalue weighted by molar-refractivity contribution is 0.547. The van der Waals surface area contributed by atoms with Gasteiger partial charge in [0.25, 0.3) is 5.56 Å². The van der Waals surface area contributed by atoms with Gasteiger partial charge in [0, 0.05) is 23.2 Å². The maximum atomic E-state index is 11.9. The number of nitrogens with one attached hydrogen (secondary N) is 1. The molecule has 0 radical (unpaired) electrons. The highest BCUT2D eigenvalue weighted by atomic mass is 35.5. The van der Waals surface area contributed by atoms with Crippen LogP contribution >= 0.6 is 11.6 Å². The smallest absolute Gasteiger partial charge is 0.266 e. The van der Waals surface area contributed by atoms with Crippen LogP contribution in [-0.2, 0) is 16.6 Å². The Labute approximate surface area is 146 Å². The summed E-state index contributed by atoms with van der Waals surface area (Å²) >= 11 is 5.86. The number of nitrogens with zero attached hydrogens (tertiary/aromatic N) is 2. The van der Waals surface area contributed by atoms with Crippen molar-refractivity contribution in [3.05, 3.63) is 51.8 Å². The van der Waals surface area contributed by atoms with Crippen LogP contribution in [0.1, 0.15) is 19.8 Å². The molecule has 0 fully saturated rings. The first kappa shape index (κ1) is 18.6. The van der Waals surface area contributed by atoms with Crippen LogP contribution in [0, 0.1) is 0 Å². The summed E-state index contributed by atoms with van der Waals surface area (Å²) in [6.45, 7) is 2.23. The Kier molecular flexibility index (Phi) is 6.53. The van der Waals surface area contributed by atoms with Crippen LogP contribution in [0.4, 0.5) is 0 Å². The number of benzene rings is 1. The molecule has 0 bridgehead atoms. The first-order valence-electron chi connectivity index (χ1n) is 7.73. The minimum absolute atomic E-state index is 0.0939. The number of aromatic nitrogens is 2. The lowest BCUT2D eigenvalue weighted by Gasteiger charge is -2.09. The van der Waals surface area contributed by atoms with Crippen molar-refractivity contribution in [1.29, 1.82) is 0 Å². The molecular weight excluding hydrogens is 350 g/mol. The van der Waals surface area contributed by atoms with Crippen LogP contribution in [0.15, 0.2) is 41.2 Å². The first-order valence-corrected chi connectivity index (χ1v) is 9.76. The molecule has 0 aliphatic carbocycles. The molecule has 0 atom stereocenters. The summed E-state index contributed by atoms with van der Waals surface area (Å²) in [6.07, 6.45) is 1.42. The second-order valence-electron chi connectivity index (χ2n) is 5.35. The lowest BCUT2D eigenvalue weighted by atomic mass is 10.1. The van der Waals surface area contributed by atoms with Crippen LogP contribution in [-0.4, -0.2) is 30.5 Å². The van der Waals surface area contributed by atoms with E-state index in [9.17, 15) is 13.2 Å². The first-order chi connectivity index (χ1) is 11.4. The fourth-order valence-corrected chi connectivity index (χ4v) is 3.44. The maximum Gasteiger partial charge on any atom is 0.266 e. The third-order valence-electron chi connectivity index (χ3n) is 3.42. The van der Waals surface area contributed by atoms with Gasteiger partial charge in [-0.25, -0.2) is 17.8 Å². The van der Waals surface area contributed by atoms with Gasteiger partial charge in [-0.15, -0.1) is 0 Å². The second-order valence-corrected chi connectivity index (χ2v) is 7.72. The minimum Gasteiger partial charge on any atom is -0.268 e. The summed E-state index contributed by atoms with van der Waals surface area (Å²) in [5.74, 6) is 0.0939.